The molecule has 0 spiro atoms. The van der Waals surface area contributed by atoms with E-state index in [4.69, 9.17) is 4.74 Å². The van der Waals surface area contributed by atoms with Gasteiger partial charge in [-0.05, 0) is 24.1 Å². The van der Waals surface area contributed by atoms with Crippen LogP contribution >= 0.6 is 0 Å². The lowest BCUT2D eigenvalue weighted by atomic mass is 9.85. The van der Waals surface area contributed by atoms with Crippen molar-refractivity contribution in [1.82, 2.24) is 0 Å². The van der Waals surface area contributed by atoms with Crippen molar-refractivity contribution in [2.75, 3.05) is 6.61 Å². The zero-order valence-electron chi connectivity index (χ0n) is 8.29. The van der Waals surface area contributed by atoms with Crippen LogP contribution < -0.4 is 4.74 Å². The van der Waals surface area contributed by atoms with Crippen molar-refractivity contribution in [3.05, 3.63) is 41.5 Å². The average Bonchev–Trinajstić information content (AvgIpc) is 2.12. The smallest absolute Gasteiger partial charge is 0.125 e. The van der Waals surface area contributed by atoms with E-state index in [-0.39, 0.29) is 6.10 Å². The third-order valence-corrected chi connectivity index (χ3v) is 2.38. The molecule has 2 rings (SSSR count). The van der Waals surface area contributed by atoms with Gasteiger partial charge in [-0.1, -0.05) is 18.7 Å². The molecule has 0 saturated carbocycles. The summed E-state index contributed by atoms with van der Waals surface area (Å²) in [6.07, 6.45) is 0.408. The minimum absolute atomic E-state index is 0.341. The van der Waals surface area contributed by atoms with Crippen LogP contribution in [-0.2, 0) is 6.42 Å². The van der Waals surface area contributed by atoms with Crippen molar-refractivity contribution < 1.29 is 9.84 Å². The first-order chi connectivity index (χ1) is 6.68. The molecule has 0 radical (unpaired) electrons. The normalized spacial score (nSPS) is 18.3. The summed E-state index contributed by atoms with van der Waals surface area (Å²) in [4.78, 5) is 0. The largest absolute Gasteiger partial charge is 0.489 e. The Balaban J connectivity index is 2.18. The van der Waals surface area contributed by atoms with Gasteiger partial charge in [0, 0.05) is 12.0 Å². The zero-order chi connectivity index (χ0) is 10.1. The van der Waals surface area contributed by atoms with Gasteiger partial charge < -0.3 is 9.84 Å². The number of hydrogen-bond acceptors (Lipinski definition) is 2. The molecule has 1 atom stereocenters. The van der Waals surface area contributed by atoms with E-state index in [0.717, 1.165) is 23.3 Å². The van der Waals surface area contributed by atoms with E-state index in [0.29, 0.717) is 6.61 Å². The quantitative estimate of drug-likeness (QED) is 0.740. The van der Waals surface area contributed by atoms with Gasteiger partial charge in [0.2, 0.25) is 0 Å². The Labute approximate surface area is 83.8 Å². The van der Waals surface area contributed by atoms with Crippen molar-refractivity contribution in [2.24, 2.45) is 0 Å². The summed E-state index contributed by atoms with van der Waals surface area (Å²) in [7, 11) is 0. The molecular weight excluding hydrogens is 176 g/mol. The Kier molecular flexibility index (Phi) is 2.30. The second-order valence-corrected chi connectivity index (χ2v) is 3.79. The van der Waals surface area contributed by atoms with Crippen molar-refractivity contribution in [3.63, 3.8) is 0 Å². The van der Waals surface area contributed by atoms with Gasteiger partial charge in [0.05, 0.1) is 6.10 Å². The monoisotopic (exact) mass is 190 g/mol. The van der Waals surface area contributed by atoms with E-state index in [1.165, 1.54) is 5.56 Å². The lowest BCUT2D eigenvalue weighted by Crippen LogP contribution is -2.18. The van der Waals surface area contributed by atoms with Crippen LogP contribution in [-0.4, -0.2) is 11.7 Å². The number of hydrogen-bond donors (Lipinski definition) is 1. The average molecular weight is 190 g/mol. The van der Waals surface area contributed by atoms with Crippen LogP contribution in [0.5, 0.6) is 5.75 Å². The SMILES string of the molecule is C=C(C)COc1cccc2c1C(O)C2. The number of aliphatic hydroxyl groups excluding tert-OH is 1. The summed E-state index contributed by atoms with van der Waals surface area (Å²) in [5.41, 5.74) is 3.13. The Bertz CT molecular complexity index is 369. The molecule has 0 fully saturated rings. The van der Waals surface area contributed by atoms with Crippen LogP contribution in [0.4, 0.5) is 0 Å². The number of rotatable bonds is 3. The van der Waals surface area contributed by atoms with Gasteiger partial charge in [0.15, 0.2) is 0 Å². The fourth-order valence-corrected chi connectivity index (χ4v) is 1.65. The molecule has 0 aromatic heterocycles. The highest BCUT2D eigenvalue weighted by Crippen LogP contribution is 2.39. The molecule has 0 heterocycles. The van der Waals surface area contributed by atoms with Crippen LogP contribution in [0.1, 0.15) is 24.2 Å². The van der Waals surface area contributed by atoms with Crippen LogP contribution in [0.3, 0.4) is 0 Å². The highest BCUT2D eigenvalue weighted by atomic mass is 16.5. The molecule has 2 heteroatoms. The maximum Gasteiger partial charge on any atom is 0.125 e. The molecule has 0 saturated heterocycles. The van der Waals surface area contributed by atoms with Gasteiger partial charge in [-0.25, -0.2) is 0 Å². The van der Waals surface area contributed by atoms with E-state index in [2.05, 4.69) is 6.58 Å². The molecule has 14 heavy (non-hydrogen) atoms. The Hall–Kier alpha value is -1.28. The third-order valence-electron chi connectivity index (χ3n) is 2.38. The predicted octanol–water partition coefficient (Wildman–Crippen LogP) is 2.23. The lowest BCUT2D eigenvalue weighted by Gasteiger charge is -2.28. The Morgan fingerprint density at radius 1 is 1.64 bits per heavy atom. The first kappa shape index (κ1) is 9.28. The van der Waals surface area contributed by atoms with Gasteiger partial charge in [-0.3, -0.25) is 0 Å². The van der Waals surface area contributed by atoms with Gasteiger partial charge in [0.25, 0.3) is 0 Å². The second-order valence-electron chi connectivity index (χ2n) is 3.79. The summed E-state index contributed by atoms with van der Waals surface area (Å²) in [5.74, 6) is 0.796. The fourth-order valence-electron chi connectivity index (χ4n) is 1.65. The molecule has 1 aromatic carbocycles. The van der Waals surface area contributed by atoms with Crippen molar-refractivity contribution in [3.8, 4) is 5.75 Å². The molecule has 1 N–H and O–H groups in total. The van der Waals surface area contributed by atoms with E-state index < -0.39 is 0 Å². The molecule has 0 amide bonds. The highest BCUT2D eigenvalue weighted by Gasteiger charge is 2.27. The van der Waals surface area contributed by atoms with Crippen LogP contribution in [0, 0.1) is 0 Å². The summed E-state index contributed by atoms with van der Waals surface area (Å²) < 4.78 is 5.54. The molecule has 1 aromatic rings. The minimum Gasteiger partial charge on any atom is -0.489 e. The van der Waals surface area contributed by atoms with E-state index in [9.17, 15) is 5.11 Å². The van der Waals surface area contributed by atoms with E-state index in [1.807, 2.05) is 25.1 Å². The summed E-state index contributed by atoms with van der Waals surface area (Å²) in [5, 5.41) is 9.54. The van der Waals surface area contributed by atoms with Gasteiger partial charge in [0.1, 0.15) is 12.4 Å². The highest BCUT2D eigenvalue weighted by molar-refractivity contribution is 5.48. The van der Waals surface area contributed by atoms with Crippen LogP contribution in [0.25, 0.3) is 0 Å². The molecule has 0 bridgehead atoms. The van der Waals surface area contributed by atoms with Crippen molar-refractivity contribution >= 4 is 0 Å². The Morgan fingerprint density at radius 2 is 2.43 bits per heavy atom. The summed E-state index contributed by atoms with van der Waals surface area (Å²) in [6, 6.07) is 5.87. The maximum absolute atomic E-state index is 9.54. The Morgan fingerprint density at radius 3 is 3.07 bits per heavy atom. The summed E-state index contributed by atoms with van der Waals surface area (Å²) in [6.45, 7) is 6.21. The van der Waals surface area contributed by atoms with E-state index in [1.54, 1.807) is 0 Å². The molecule has 2 nitrogen and oxygen atoms in total. The standard InChI is InChI=1S/C12H14O2/c1-8(2)7-14-11-5-3-4-9-6-10(13)12(9)11/h3-5,10,13H,1,6-7H2,2H3. The second kappa shape index (κ2) is 3.46. The minimum atomic E-state index is -0.341. The molecule has 1 unspecified atom stereocenters. The first-order valence-electron chi connectivity index (χ1n) is 4.75. The number of ether oxygens (including phenoxy) is 1. The van der Waals surface area contributed by atoms with Gasteiger partial charge in [-0.2, -0.15) is 0 Å². The number of fused-ring (bicyclic) bond motifs is 1. The van der Waals surface area contributed by atoms with Gasteiger partial charge >= 0.3 is 0 Å². The summed E-state index contributed by atoms with van der Waals surface area (Å²) >= 11 is 0. The maximum atomic E-state index is 9.54. The lowest BCUT2D eigenvalue weighted by molar-refractivity contribution is 0.147. The predicted molar refractivity (Wildman–Crippen MR) is 55.4 cm³/mol. The molecule has 1 aliphatic rings. The van der Waals surface area contributed by atoms with E-state index >= 15 is 0 Å². The molecule has 0 aliphatic heterocycles. The fraction of sp³-hybridized carbons (Fsp3) is 0.333. The van der Waals surface area contributed by atoms with Crippen LogP contribution in [0.2, 0.25) is 0 Å². The molecular formula is C12H14O2. The molecule has 1 aliphatic carbocycles. The number of aliphatic hydroxyl groups is 1. The number of benzene rings is 1. The zero-order valence-corrected chi connectivity index (χ0v) is 8.29. The molecule has 74 valence electrons. The third kappa shape index (κ3) is 1.53. The van der Waals surface area contributed by atoms with Crippen molar-refractivity contribution in [2.45, 2.75) is 19.4 Å². The van der Waals surface area contributed by atoms with Crippen LogP contribution in [0.15, 0.2) is 30.4 Å². The van der Waals surface area contributed by atoms with Gasteiger partial charge in [-0.15, -0.1) is 0 Å². The first-order valence-corrected chi connectivity index (χ1v) is 4.75. The topological polar surface area (TPSA) is 29.5 Å². The van der Waals surface area contributed by atoms with Crippen molar-refractivity contribution in [1.29, 1.82) is 0 Å².